The minimum atomic E-state index is -0.472. The van der Waals surface area contributed by atoms with Crippen molar-refractivity contribution in [2.24, 2.45) is 0 Å². The van der Waals surface area contributed by atoms with E-state index in [2.05, 4.69) is 27.8 Å². The Morgan fingerprint density at radius 2 is 1.71 bits per heavy atom. The summed E-state index contributed by atoms with van der Waals surface area (Å²) >= 11 is 3.24. The zero-order chi connectivity index (χ0) is 20.5. The predicted octanol–water partition coefficient (Wildman–Crippen LogP) is 4.22. The summed E-state index contributed by atoms with van der Waals surface area (Å²) in [5, 5.41) is 0. The molecule has 2 aromatic rings. The van der Waals surface area contributed by atoms with Gasteiger partial charge in [-0.1, -0.05) is 24.0 Å². The highest BCUT2D eigenvalue weighted by atomic mass is 79.9. The van der Waals surface area contributed by atoms with Gasteiger partial charge in [-0.25, -0.2) is 4.79 Å². The Hall–Kier alpha value is -3.04. The molecular weight excluding hydrogens is 424 g/mol. The van der Waals surface area contributed by atoms with Gasteiger partial charge in [-0.3, -0.25) is 4.79 Å². The van der Waals surface area contributed by atoms with Crippen LogP contribution >= 0.6 is 15.9 Å². The second kappa shape index (κ2) is 10.3. The normalized spacial score (nSPS) is 10.5. The molecular formula is C22H19BrO5. The molecule has 0 saturated heterocycles. The van der Waals surface area contributed by atoms with Crippen LogP contribution in [0.15, 0.2) is 40.9 Å². The molecule has 28 heavy (non-hydrogen) atoms. The lowest BCUT2D eigenvalue weighted by Crippen LogP contribution is -2.03. The molecule has 5 nitrogen and oxygen atoms in total. The van der Waals surface area contributed by atoms with Crippen LogP contribution in [-0.4, -0.2) is 33.1 Å². The number of methoxy groups -OCH3 is 2. The van der Waals surface area contributed by atoms with Crippen LogP contribution in [0, 0.1) is 11.8 Å². The minimum absolute atomic E-state index is 0.264. The molecule has 0 fully saturated rings. The van der Waals surface area contributed by atoms with E-state index in [1.54, 1.807) is 49.4 Å². The van der Waals surface area contributed by atoms with Crippen molar-refractivity contribution in [2.45, 2.75) is 6.92 Å². The number of aldehydes is 1. The van der Waals surface area contributed by atoms with Crippen LogP contribution < -0.4 is 9.47 Å². The first-order valence-electron chi connectivity index (χ1n) is 8.40. The maximum atomic E-state index is 11.9. The number of carbonyl (C=O) groups excluding carboxylic acids is 2. The Bertz CT molecular complexity index is 949. The van der Waals surface area contributed by atoms with Crippen LogP contribution in [0.5, 0.6) is 11.5 Å². The van der Waals surface area contributed by atoms with E-state index in [0.29, 0.717) is 28.2 Å². The standard InChI is InChI=1S/C22H19BrO5/c1-4-28-22(25)19(23)11-18-13-21(27-3)20(26-2)12-17(18)10-9-15-5-7-16(14-24)8-6-15/h5-8,11-14H,4H2,1-3H3/b19-11-. The molecule has 6 heteroatoms. The molecule has 0 spiro atoms. The van der Waals surface area contributed by atoms with Gasteiger partial charge in [0.05, 0.1) is 20.8 Å². The molecule has 2 rings (SSSR count). The van der Waals surface area contributed by atoms with E-state index in [1.165, 1.54) is 14.2 Å². The lowest BCUT2D eigenvalue weighted by Gasteiger charge is -2.10. The highest BCUT2D eigenvalue weighted by molar-refractivity contribution is 9.12. The van der Waals surface area contributed by atoms with Gasteiger partial charge in [0, 0.05) is 22.8 Å². The fourth-order valence-corrected chi connectivity index (χ4v) is 2.66. The van der Waals surface area contributed by atoms with Crippen molar-refractivity contribution in [3.63, 3.8) is 0 Å². The molecule has 0 bridgehead atoms. The number of ether oxygens (including phenoxy) is 3. The highest BCUT2D eigenvalue weighted by Crippen LogP contribution is 2.32. The number of carbonyl (C=O) groups is 2. The summed E-state index contributed by atoms with van der Waals surface area (Å²) in [6.45, 7) is 2.01. The fraction of sp³-hybridized carbons (Fsp3) is 0.182. The average Bonchev–Trinajstić information content (AvgIpc) is 2.72. The summed E-state index contributed by atoms with van der Waals surface area (Å²) in [5.74, 6) is 6.69. The van der Waals surface area contributed by atoms with Gasteiger partial charge >= 0.3 is 5.97 Å². The highest BCUT2D eigenvalue weighted by Gasteiger charge is 2.12. The molecule has 2 aromatic carbocycles. The molecule has 0 aliphatic rings. The van der Waals surface area contributed by atoms with Crippen LogP contribution in [0.25, 0.3) is 6.08 Å². The van der Waals surface area contributed by atoms with Gasteiger partial charge in [-0.15, -0.1) is 0 Å². The Morgan fingerprint density at radius 3 is 2.29 bits per heavy atom. The van der Waals surface area contributed by atoms with Crippen LogP contribution in [-0.2, 0) is 9.53 Å². The Labute approximate surface area is 172 Å². The lowest BCUT2D eigenvalue weighted by molar-refractivity contribution is -0.137. The predicted molar refractivity (Wildman–Crippen MR) is 111 cm³/mol. The maximum Gasteiger partial charge on any atom is 0.345 e. The van der Waals surface area contributed by atoms with Crippen molar-refractivity contribution >= 4 is 34.3 Å². The quantitative estimate of drug-likeness (QED) is 0.290. The smallest absolute Gasteiger partial charge is 0.345 e. The van der Waals surface area contributed by atoms with Gasteiger partial charge in [0.2, 0.25) is 0 Å². The topological polar surface area (TPSA) is 61.8 Å². The van der Waals surface area contributed by atoms with Crippen molar-refractivity contribution < 1.29 is 23.8 Å². The molecule has 0 amide bonds. The first kappa shape index (κ1) is 21.3. The third-order valence-electron chi connectivity index (χ3n) is 3.70. The first-order valence-corrected chi connectivity index (χ1v) is 9.19. The number of hydrogen-bond acceptors (Lipinski definition) is 5. The van der Waals surface area contributed by atoms with E-state index in [0.717, 1.165) is 11.8 Å². The molecule has 0 saturated carbocycles. The molecule has 144 valence electrons. The number of esters is 1. The molecule has 0 N–H and O–H groups in total. The summed E-state index contributed by atoms with van der Waals surface area (Å²) in [7, 11) is 3.07. The van der Waals surface area contributed by atoms with Gasteiger partial charge in [0.15, 0.2) is 11.5 Å². The Kier molecular flexibility index (Phi) is 7.85. The number of rotatable bonds is 6. The maximum absolute atomic E-state index is 11.9. The Balaban J connectivity index is 2.51. The molecule has 0 heterocycles. The van der Waals surface area contributed by atoms with Gasteiger partial charge in [-0.05, 0) is 52.7 Å². The largest absolute Gasteiger partial charge is 0.493 e. The van der Waals surface area contributed by atoms with Crippen molar-refractivity contribution in [3.8, 4) is 23.3 Å². The first-order chi connectivity index (χ1) is 13.5. The van der Waals surface area contributed by atoms with E-state index in [1.807, 2.05) is 0 Å². The second-order valence-electron chi connectivity index (χ2n) is 5.50. The van der Waals surface area contributed by atoms with E-state index in [4.69, 9.17) is 14.2 Å². The third kappa shape index (κ3) is 5.48. The van der Waals surface area contributed by atoms with Crippen LogP contribution in [0.3, 0.4) is 0 Å². The number of hydrogen-bond donors (Lipinski definition) is 0. The zero-order valence-corrected chi connectivity index (χ0v) is 17.3. The van der Waals surface area contributed by atoms with Crippen LogP contribution in [0.4, 0.5) is 0 Å². The minimum Gasteiger partial charge on any atom is -0.493 e. The van der Waals surface area contributed by atoms with E-state index in [9.17, 15) is 9.59 Å². The van der Waals surface area contributed by atoms with E-state index < -0.39 is 5.97 Å². The van der Waals surface area contributed by atoms with Gasteiger partial charge in [-0.2, -0.15) is 0 Å². The Morgan fingerprint density at radius 1 is 1.07 bits per heavy atom. The zero-order valence-electron chi connectivity index (χ0n) is 15.7. The number of halogens is 1. The van der Waals surface area contributed by atoms with Gasteiger partial charge in [0.25, 0.3) is 0 Å². The molecule has 0 aliphatic heterocycles. The average molecular weight is 443 g/mol. The molecule has 0 atom stereocenters. The fourth-order valence-electron chi connectivity index (χ4n) is 2.30. The van der Waals surface area contributed by atoms with Crippen LogP contribution in [0.2, 0.25) is 0 Å². The molecule has 0 radical (unpaired) electrons. The van der Waals surface area contributed by atoms with Crippen molar-refractivity contribution in [1.82, 2.24) is 0 Å². The molecule has 0 aromatic heterocycles. The van der Waals surface area contributed by atoms with Crippen LogP contribution in [0.1, 0.15) is 34.0 Å². The van der Waals surface area contributed by atoms with Gasteiger partial charge < -0.3 is 14.2 Å². The summed E-state index contributed by atoms with van der Waals surface area (Å²) < 4.78 is 15.9. The van der Waals surface area contributed by atoms with Crippen molar-refractivity contribution in [1.29, 1.82) is 0 Å². The van der Waals surface area contributed by atoms with E-state index >= 15 is 0 Å². The molecule has 0 aliphatic carbocycles. The monoisotopic (exact) mass is 442 g/mol. The van der Waals surface area contributed by atoms with Crippen molar-refractivity contribution in [2.75, 3.05) is 20.8 Å². The second-order valence-corrected chi connectivity index (χ2v) is 6.35. The summed E-state index contributed by atoms with van der Waals surface area (Å²) in [6.07, 6.45) is 2.40. The third-order valence-corrected chi connectivity index (χ3v) is 4.25. The SMILES string of the molecule is CCOC(=O)/C(Br)=C/c1cc(OC)c(OC)cc1C#Cc1ccc(C=O)cc1. The number of benzene rings is 2. The van der Waals surface area contributed by atoms with Crippen molar-refractivity contribution in [3.05, 3.63) is 63.1 Å². The van der Waals surface area contributed by atoms with Gasteiger partial charge in [0.1, 0.15) is 10.8 Å². The summed E-state index contributed by atoms with van der Waals surface area (Å²) in [6, 6.07) is 10.4. The lowest BCUT2D eigenvalue weighted by atomic mass is 10.0. The summed E-state index contributed by atoms with van der Waals surface area (Å²) in [4.78, 5) is 22.7. The van der Waals surface area contributed by atoms with E-state index in [-0.39, 0.29) is 11.1 Å². The molecule has 0 unspecified atom stereocenters. The summed E-state index contributed by atoms with van der Waals surface area (Å²) in [5.41, 5.74) is 2.63.